The minimum atomic E-state index is -0.179. The third-order valence-electron chi connectivity index (χ3n) is 5.87. The Bertz CT molecular complexity index is 1050. The average molecular weight is 453 g/mol. The Balaban J connectivity index is 1.24. The first-order valence-electron chi connectivity index (χ1n) is 11.1. The van der Waals surface area contributed by atoms with E-state index in [9.17, 15) is 4.79 Å². The molecule has 0 aliphatic carbocycles. The molecule has 0 bridgehead atoms. The molecule has 1 aromatic heterocycles. The first-order valence-corrected chi connectivity index (χ1v) is 11.5. The van der Waals surface area contributed by atoms with Crippen molar-refractivity contribution in [2.45, 2.75) is 20.0 Å². The summed E-state index contributed by atoms with van der Waals surface area (Å²) in [4.78, 5) is 21.6. The van der Waals surface area contributed by atoms with Crippen molar-refractivity contribution >= 4 is 28.4 Å². The Morgan fingerprint density at radius 1 is 1.03 bits per heavy atom. The topological polar surface area (TPSA) is 57.7 Å². The SMILES string of the molecule is CCN1CCN(Cc2ccc(CNC(=O)COc3ccc(Cl)c4cccnc34)cc2)CC1. The van der Waals surface area contributed by atoms with Crippen LogP contribution in [0.2, 0.25) is 5.02 Å². The van der Waals surface area contributed by atoms with E-state index >= 15 is 0 Å². The number of pyridine rings is 1. The number of piperazine rings is 1. The summed E-state index contributed by atoms with van der Waals surface area (Å²) in [5.74, 6) is 0.367. The van der Waals surface area contributed by atoms with Crippen LogP contribution in [0, 0.1) is 0 Å². The molecule has 2 aromatic carbocycles. The maximum atomic E-state index is 12.3. The number of nitrogens with one attached hydrogen (secondary N) is 1. The molecule has 1 amide bonds. The van der Waals surface area contributed by atoms with E-state index in [1.807, 2.05) is 12.1 Å². The summed E-state index contributed by atoms with van der Waals surface area (Å²) in [5.41, 5.74) is 3.02. The highest BCUT2D eigenvalue weighted by molar-refractivity contribution is 6.35. The zero-order valence-corrected chi connectivity index (χ0v) is 19.1. The highest BCUT2D eigenvalue weighted by atomic mass is 35.5. The van der Waals surface area contributed by atoms with Crippen LogP contribution in [-0.2, 0) is 17.9 Å². The molecule has 1 fully saturated rings. The lowest BCUT2D eigenvalue weighted by atomic mass is 10.1. The molecule has 0 radical (unpaired) electrons. The number of likely N-dealkylation sites (N-methyl/N-ethyl adjacent to an activating group) is 1. The fourth-order valence-electron chi connectivity index (χ4n) is 3.91. The number of benzene rings is 2. The normalized spacial score (nSPS) is 15.1. The molecule has 32 heavy (non-hydrogen) atoms. The smallest absolute Gasteiger partial charge is 0.258 e. The van der Waals surface area contributed by atoms with Crippen LogP contribution >= 0.6 is 11.6 Å². The van der Waals surface area contributed by atoms with E-state index in [0.29, 0.717) is 22.8 Å². The molecule has 0 atom stereocenters. The molecule has 1 saturated heterocycles. The Morgan fingerprint density at radius 3 is 2.50 bits per heavy atom. The van der Waals surface area contributed by atoms with Crippen LogP contribution in [0.5, 0.6) is 5.75 Å². The van der Waals surface area contributed by atoms with Gasteiger partial charge in [0.25, 0.3) is 5.91 Å². The lowest BCUT2D eigenvalue weighted by molar-refractivity contribution is -0.123. The van der Waals surface area contributed by atoms with Crippen molar-refractivity contribution in [2.24, 2.45) is 0 Å². The number of hydrogen-bond acceptors (Lipinski definition) is 5. The average Bonchev–Trinajstić information content (AvgIpc) is 2.84. The lowest BCUT2D eigenvalue weighted by Crippen LogP contribution is -2.45. The summed E-state index contributed by atoms with van der Waals surface area (Å²) < 4.78 is 5.70. The number of ether oxygens (including phenoxy) is 1. The van der Waals surface area contributed by atoms with Crippen LogP contribution in [0.1, 0.15) is 18.1 Å². The highest BCUT2D eigenvalue weighted by Crippen LogP contribution is 2.29. The van der Waals surface area contributed by atoms with Gasteiger partial charge in [0.1, 0.15) is 11.3 Å². The number of nitrogens with zero attached hydrogens (tertiary/aromatic N) is 3. The van der Waals surface area contributed by atoms with Gasteiger partial charge < -0.3 is 15.0 Å². The predicted octanol–water partition coefficient (Wildman–Crippen LogP) is 3.72. The van der Waals surface area contributed by atoms with Gasteiger partial charge in [-0.2, -0.15) is 0 Å². The van der Waals surface area contributed by atoms with Crippen molar-refractivity contribution in [3.8, 4) is 5.75 Å². The van der Waals surface area contributed by atoms with Gasteiger partial charge in [-0.05, 0) is 41.9 Å². The van der Waals surface area contributed by atoms with Crippen molar-refractivity contribution in [3.63, 3.8) is 0 Å². The van der Waals surface area contributed by atoms with Gasteiger partial charge in [-0.3, -0.25) is 14.7 Å². The number of carbonyl (C=O) groups is 1. The van der Waals surface area contributed by atoms with E-state index in [0.717, 1.165) is 50.2 Å². The first-order chi connectivity index (χ1) is 15.6. The number of halogens is 1. The summed E-state index contributed by atoms with van der Waals surface area (Å²) in [6, 6.07) is 15.7. The molecule has 168 valence electrons. The van der Waals surface area contributed by atoms with E-state index in [2.05, 4.69) is 51.3 Å². The molecular weight excluding hydrogens is 424 g/mol. The highest BCUT2D eigenvalue weighted by Gasteiger charge is 2.15. The molecule has 1 N–H and O–H groups in total. The van der Waals surface area contributed by atoms with Gasteiger partial charge in [0.2, 0.25) is 0 Å². The number of fused-ring (bicyclic) bond motifs is 1. The second-order valence-corrected chi connectivity index (χ2v) is 8.44. The maximum Gasteiger partial charge on any atom is 0.258 e. The van der Waals surface area contributed by atoms with Crippen molar-refractivity contribution in [1.29, 1.82) is 0 Å². The number of amides is 1. The molecule has 7 heteroatoms. The summed E-state index contributed by atoms with van der Waals surface area (Å²) in [7, 11) is 0. The Hall–Kier alpha value is -2.67. The molecule has 1 aliphatic rings. The molecule has 6 nitrogen and oxygen atoms in total. The molecule has 2 heterocycles. The van der Waals surface area contributed by atoms with Crippen molar-refractivity contribution in [2.75, 3.05) is 39.3 Å². The van der Waals surface area contributed by atoms with Gasteiger partial charge in [-0.15, -0.1) is 0 Å². The fraction of sp³-hybridized carbons (Fsp3) is 0.360. The van der Waals surface area contributed by atoms with Gasteiger partial charge in [0.15, 0.2) is 6.61 Å². The van der Waals surface area contributed by atoms with Gasteiger partial charge in [-0.1, -0.05) is 42.8 Å². The van der Waals surface area contributed by atoms with Gasteiger partial charge in [-0.25, -0.2) is 0 Å². The molecule has 0 spiro atoms. The van der Waals surface area contributed by atoms with Crippen molar-refractivity contribution < 1.29 is 9.53 Å². The Kier molecular flexibility index (Phi) is 7.58. The van der Waals surface area contributed by atoms with Gasteiger partial charge >= 0.3 is 0 Å². The standard InChI is InChI=1S/C25H29ClN4O2/c1-2-29-12-14-30(15-13-29)17-20-7-5-19(6-8-20)16-28-24(31)18-32-23-10-9-22(26)21-4-3-11-27-25(21)23/h3-11H,2,12-18H2,1H3,(H,28,31). The third kappa shape index (κ3) is 5.76. The number of rotatable bonds is 8. The minimum Gasteiger partial charge on any atom is -0.481 e. The Morgan fingerprint density at radius 2 is 1.75 bits per heavy atom. The van der Waals surface area contributed by atoms with E-state index in [1.165, 1.54) is 5.56 Å². The van der Waals surface area contributed by atoms with Crippen molar-refractivity contribution in [3.05, 3.63) is 70.9 Å². The number of carbonyl (C=O) groups excluding carboxylic acids is 1. The summed E-state index contributed by atoms with van der Waals surface area (Å²) >= 11 is 6.21. The maximum absolute atomic E-state index is 12.3. The second-order valence-electron chi connectivity index (χ2n) is 8.04. The molecular formula is C25H29ClN4O2. The summed E-state index contributed by atoms with van der Waals surface area (Å²) in [5, 5.41) is 4.33. The molecule has 1 aliphatic heterocycles. The predicted molar refractivity (Wildman–Crippen MR) is 128 cm³/mol. The zero-order valence-electron chi connectivity index (χ0n) is 18.4. The zero-order chi connectivity index (χ0) is 22.3. The summed E-state index contributed by atoms with van der Waals surface area (Å²) in [6.07, 6.45) is 1.68. The fourth-order valence-corrected chi connectivity index (χ4v) is 4.12. The Labute approximate surface area is 194 Å². The van der Waals surface area contributed by atoms with Crippen LogP contribution in [0.25, 0.3) is 10.9 Å². The summed E-state index contributed by atoms with van der Waals surface area (Å²) in [6.45, 7) is 9.24. The number of hydrogen-bond donors (Lipinski definition) is 1. The van der Waals surface area contributed by atoms with Gasteiger partial charge in [0.05, 0.1) is 5.02 Å². The van der Waals surface area contributed by atoms with E-state index < -0.39 is 0 Å². The van der Waals surface area contributed by atoms with E-state index in [-0.39, 0.29) is 12.5 Å². The third-order valence-corrected chi connectivity index (χ3v) is 6.20. The van der Waals surface area contributed by atoms with Gasteiger partial charge in [0, 0.05) is 50.9 Å². The van der Waals surface area contributed by atoms with Crippen LogP contribution < -0.4 is 10.1 Å². The molecule has 4 rings (SSSR count). The molecule has 0 saturated carbocycles. The van der Waals surface area contributed by atoms with Crippen molar-refractivity contribution in [1.82, 2.24) is 20.1 Å². The largest absolute Gasteiger partial charge is 0.481 e. The lowest BCUT2D eigenvalue weighted by Gasteiger charge is -2.34. The number of aromatic nitrogens is 1. The minimum absolute atomic E-state index is 0.0743. The second kappa shape index (κ2) is 10.8. The van der Waals surface area contributed by atoms with Crippen LogP contribution in [-0.4, -0.2) is 60.0 Å². The quantitative estimate of drug-likeness (QED) is 0.564. The van der Waals surface area contributed by atoms with Crippen LogP contribution in [0.15, 0.2) is 54.7 Å². The van der Waals surface area contributed by atoms with E-state index in [1.54, 1.807) is 18.3 Å². The first kappa shape index (κ1) is 22.5. The monoisotopic (exact) mass is 452 g/mol. The molecule has 3 aromatic rings. The molecule has 0 unspecified atom stereocenters. The van der Waals surface area contributed by atoms with Crippen LogP contribution in [0.3, 0.4) is 0 Å². The van der Waals surface area contributed by atoms with Crippen LogP contribution in [0.4, 0.5) is 0 Å². The van der Waals surface area contributed by atoms with E-state index in [4.69, 9.17) is 16.3 Å².